The van der Waals surface area contributed by atoms with Gasteiger partial charge < -0.3 is 9.47 Å². The van der Waals surface area contributed by atoms with Gasteiger partial charge in [-0.1, -0.05) is 6.08 Å². The van der Waals surface area contributed by atoms with E-state index in [9.17, 15) is 9.59 Å². The molecule has 0 aromatic rings. The van der Waals surface area contributed by atoms with Crippen molar-refractivity contribution in [2.75, 3.05) is 14.2 Å². The first-order chi connectivity index (χ1) is 7.52. The summed E-state index contributed by atoms with van der Waals surface area (Å²) in [6, 6.07) is 0. The van der Waals surface area contributed by atoms with E-state index in [-0.39, 0.29) is 18.0 Å². The van der Waals surface area contributed by atoms with Crippen molar-refractivity contribution < 1.29 is 19.1 Å². The second-order valence-electron chi connectivity index (χ2n) is 3.69. The maximum atomic E-state index is 12.1. The van der Waals surface area contributed by atoms with E-state index in [1.165, 1.54) is 14.2 Å². The number of ketones is 2. The molecule has 0 atom stereocenters. The van der Waals surface area contributed by atoms with Crippen molar-refractivity contribution in [2.24, 2.45) is 0 Å². The molecule has 0 bridgehead atoms. The molecule has 0 aromatic heterocycles. The highest BCUT2D eigenvalue weighted by molar-refractivity contribution is 6.15. The Morgan fingerprint density at radius 3 is 2.38 bits per heavy atom. The zero-order chi connectivity index (χ0) is 12.3. The van der Waals surface area contributed by atoms with Gasteiger partial charge in [0.15, 0.2) is 5.78 Å². The number of ether oxygens (including phenoxy) is 2. The van der Waals surface area contributed by atoms with E-state index in [0.29, 0.717) is 17.6 Å². The molecule has 0 aliphatic heterocycles. The molecule has 0 unspecified atom stereocenters. The van der Waals surface area contributed by atoms with Gasteiger partial charge in [0.1, 0.15) is 0 Å². The van der Waals surface area contributed by atoms with Crippen LogP contribution in [0.4, 0.5) is 0 Å². The van der Waals surface area contributed by atoms with Crippen LogP contribution >= 0.6 is 0 Å². The van der Waals surface area contributed by atoms with Crippen LogP contribution in [0.15, 0.2) is 23.8 Å². The van der Waals surface area contributed by atoms with Crippen LogP contribution < -0.4 is 0 Å². The molecule has 0 N–H and O–H groups in total. The molecule has 16 heavy (non-hydrogen) atoms. The predicted octanol–water partition coefficient (Wildman–Crippen LogP) is 1.41. The van der Waals surface area contributed by atoms with E-state index >= 15 is 0 Å². The van der Waals surface area contributed by atoms with Gasteiger partial charge in [-0.3, -0.25) is 9.59 Å². The van der Waals surface area contributed by atoms with E-state index in [2.05, 4.69) is 6.58 Å². The van der Waals surface area contributed by atoms with Gasteiger partial charge in [0, 0.05) is 19.8 Å². The Balaban J connectivity index is 3.24. The smallest absolute Gasteiger partial charge is 0.240 e. The Bertz CT molecular complexity index is 361. The summed E-state index contributed by atoms with van der Waals surface area (Å²) < 4.78 is 10.1. The van der Waals surface area contributed by atoms with Crippen LogP contribution in [0.2, 0.25) is 0 Å². The van der Waals surface area contributed by atoms with Crippen LogP contribution in [0.25, 0.3) is 0 Å². The average molecular weight is 224 g/mol. The molecule has 1 aliphatic rings. The first-order valence-corrected chi connectivity index (χ1v) is 5.01. The minimum Gasteiger partial charge on any atom is -0.346 e. The lowest BCUT2D eigenvalue weighted by Crippen LogP contribution is -2.48. The molecular formula is C12H16O4. The van der Waals surface area contributed by atoms with Gasteiger partial charge in [0.05, 0.1) is 6.42 Å². The molecule has 1 rings (SSSR count). The molecule has 88 valence electrons. The number of hydrogen-bond acceptors (Lipinski definition) is 4. The van der Waals surface area contributed by atoms with Crippen LogP contribution in [-0.2, 0) is 19.1 Å². The van der Waals surface area contributed by atoms with E-state index in [4.69, 9.17) is 9.47 Å². The van der Waals surface area contributed by atoms with Gasteiger partial charge in [0.2, 0.25) is 11.6 Å². The van der Waals surface area contributed by atoms with Crippen molar-refractivity contribution in [3.05, 3.63) is 23.8 Å². The molecule has 0 heterocycles. The third-order valence-electron chi connectivity index (χ3n) is 2.89. The minimum atomic E-state index is -1.45. The van der Waals surface area contributed by atoms with Gasteiger partial charge in [-0.15, -0.1) is 6.58 Å². The highest BCUT2D eigenvalue weighted by Crippen LogP contribution is 2.32. The van der Waals surface area contributed by atoms with Gasteiger partial charge in [0.25, 0.3) is 0 Å². The van der Waals surface area contributed by atoms with E-state index in [1.807, 2.05) is 0 Å². The van der Waals surface area contributed by atoms with Crippen molar-refractivity contribution in [1.82, 2.24) is 0 Å². The average Bonchev–Trinajstić information content (AvgIpc) is 2.29. The van der Waals surface area contributed by atoms with Gasteiger partial charge in [-0.05, 0) is 18.9 Å². The summed E-state index contributed by atoms with van der Waals surface area (Å²) in [5.41, 5.74) is 0.907. The molecule has 0 saturated heterocycles. The van der Waals surface area contributed by atoms with Gasteiger partial charge >= 0.3 is 0 Å². The zero-order valence-corrected chi connectivity index (χ0v) is 9.83. The molecule has 4 nitrogen and oxygen atoms in total. The Kier molecular flexibility index (Phi) is 3.78. The lowest BCUT2D eigenvalue weighted by atomic mass is 9.84. The molecular weight excluding hydrogens is 208 g/mol. The minimum absolute atomic E-state index is 0.0642. The third-order valence-corrected chi connectivity index (χ3v) is 2.89. The lowest BCUT2D eigenvalue weighted by molar-refractivity contribution is -0.207. The van der Waals surface area contributed by atoms with Crippen LogP contribution in [0.1, 0.15) is 19.8 Å². The fourth-order valence-corrected chi connectivity index (χ4v) is 1.80. The Morgan fingerprint density at radius 2 is 1.94 bits per heavy atom. The van der Waals surface area contributed by atoms with Gasteiger partial charge in [-0.2, -0.15) is 0 Å². The van der Waals surface area contributed by atoms with E-state index < -0.39 is 5.79 Å². The fourth-order valence-electron chi connectivity index (χ4n) is 1.80. The Morgan fingerprint density at radius 1 is 1.38 bits per heavy atom. The molecule has 0 fully saturated rings. The molecule has 0 amide bonds. The monoisotopic (exact) mass is 224 g/mol. The number of Topliss-reactive ketones (excluding diaryl/α,β-unsaturated/α-hetero) is 2. The van der Waals surface area contributed by atoms with E-state index in [1.54, 1.807) is 13.0 Å². The van der Waals surface area contributed by atoms with Crippen LogP contribution in [0.5, 0.6) is 0 Å². The van der Waals surface area contributed by atoms with Crippen LogP contribution in [-0.4, -0.2) is 31.6 Å². The number of methoxy groups -OCH3 is 2. The lowest BCUT2D eigenvalue weighted by Gasteiger charge is -2.33. The van der Waals surface area contributed by atoms with Crippen molar-refractivity contribution in [3.63, 3.8) is 0 Å². The van der Waals surface area contributed by atoms with Crippen molar-refractivity contribution in [1.29, 1.82) is 0 Å². The highest BCUT2D eigenvalue weighted by atomic mass is 16.7. The molecule has 0 saturated carbocycles. The molecule has 0 aromatic carbocycles. The summed E-state index contributed by atoms with van der Waals surface area (Å²) in [5.74, 6) is -1.86. The quantitative estimate of drug-likeness (QED) is 0.535. The highest BCUT2D eigenvalue weighted by Gasteiger charge is 2.46. The number of hydrogen-bond donors (Lipinski definition) is 0. The zero-order valence-electron chi connectivity index (χ0n) is 9.83. The topological polar surface area (TPSA) is 52.6 Å². The SMILES string of the molecule is C=CCC1=C(C)C(=O)CC(OC)(OC)C1=O. The summed E-state index contributed by atoms with van der Waals surface area (Å²) >= 11 is 0. The first kappa shape index (κ1) is 12.8. The standard InChI is InChI=1S/C12H16O4/c1-5-6-9-8(2)10(13)7-12(15-3,16-4)11(9)14/h5H,1,6-7H2,2-4H3. The maximum Gasteiger partial charge on any atom is 0.240 e. The number of carbonyl (C=O) groups excluding carboxylic acids is 2. The second-order valence-corrected chi connectivity index (χ2v) is 3.69. The summed E-state index contributed by atoms with van der Waals surface area (Å²) in [6.45, 7) is 5.22. The number of allylic oxidation sites excluding steroid dienone is 2. The summed E-state index contributed by atoms with van der Waals surface area (Å²) in [6.07, 6.45) is 1.88. The Labute approximate surface area is 94.9 Å². The van der Waals surface area contributed by atoms with E-state index in [0.717, 1.165) is 0 Å². The second kappa shape index (κ2) is 4.72. The maximum absolute atomic E-state index is 12.1. The normalized spacial score (nSPS) is 20.2. The molecule has 0 radical (unpaired) electrons. The van der Waals surface area contributed by atoms with Crippen LogP contribution in [0.3, 0.4) is 0 Å². The summed E-state index contributed by atoms with van der Waals surface area (Å²) in [7, 11) is 2.72. The van der Waals surface area contributed by atoms with Crippen molar-refractivity contribution >= 4 is 11.6 Å². The predicted molar refractivity (Wildman–Crippen MR) is 58.9 cm³/mol. The number of carbonyl (C=O) groups is 2. The van der Waals surface area contributed by atoms with Gasteiger partial charge in [-0.25, -0.2) is 0 Å². The fraction of sp³-hybridized carbons (Fsp3) is 0.500. The molecule has 0 spiro atoms. The largest absolute Gasteiger partial charge is 0.346 e. The number of rotatable bonds is 4. The molecule has 1 aliphatic carbocycles. The third kappa shape index (κ3) is 1.86. The first-order valence-electron chi connectivity index (χ1n) is 5.01. The summed E-state index contributed by atoms with van der Waals surface area (Å²) in [5, 5.41) is 0. The van der Waals surface area contributed by atoms with Crippen LogP contribution in [0, 0.1) is 0 Å². The summed E-state index contributed by atoms with van der Waals surface area (Å²) in [4.78, 5) is 23.9. The Hall–Kier alpha value is -1.26. The molecule has 4 heteroatoms. The van der Waals surface area contributed by atoms with Crippen molar-refractivity contribution in [3.8, 4) is 0 Å². The van der Waals surface area contributed by atoms with Crippen molar-refractivity contribution in [2.45, 2.75) is 25.6 Å².